The molecule has 56 heavy (non-hydrogen) atoms. The van der Waals surface area contributed by atoms with Crippen molar-refractivity contribution in [3.63, 3.8) is 0 Å². The summed E-state index contributed by atoms with van der Waals surface area (Å²) in [6.45, 7) is 9.03. The molecule has 0 radical (unpaired) electrons. The number of carbonyl (C=O) groups is 3. The number of aliphatic imine (C=N–C) groups is 1. The molecule has 13 nitrogen and oxygen atoms in total. The lowest BCUT2D eigenvalue weighted by Crippen LogP contribution is -2.42. The molecule has 8 rings (SSSR count). The molecule has 5 heterocycles. The number of amides is 3. The van der Waals surface area contributed by atoms with Crippen LogP contribution in [0, 0.1) is 11.8 Å². The summed E-state index contributed by atoms with van der Waals surface area (Å²) in [5.74, 6) is 1.85. The van der Waals surface area contributed by atoms with Crippen molar-refractivity contribution in [2.75, 3.05) is 20.8 Å². The highest BCUT2D eigenvalue weighted by atomic mass is 16.5. The van der Waals surface area contributed by atoms with Crippen molar-refractivity contribution in [3.05, 3.63) is 65.9 Å². The first-order chi connectivity index (χ1) is 27.1. The van der Waals surface area contributed by atoms with Gasteiger partial charge in [0.1, 0.15) is 24.0 Å². The van der Waals surface area contributed by atoms with Gasteiger partial charge in [-0.25, -0.2) is 14.8 Å². The fourth-order valence-electron chi connectivity index (χ4n) is 8.77. The lowest BCUT2D eigenvalue weighted by atomic mass is 9.92. The zero-order chi connectivity index (χ0) is 39.2. The van der Waals surface area contributed by atoms with E-state index in [9.17, 15) is 14.4 Å². The monoisotopic (exact) mass is 759 g/mol. The number of carbonyl (C=O) groups excluding carboxylic acids is 3. The highest BCUT2D eigenvalue weighted by Gasteiger charge is 2.40. The van der Waals surface area contributed by atoms with Crippen molar-refractivity contribution in [2.24, 2.45) is 16.8 Å². The smallest absolute Gasteiger partial charge is 0.432 e. The average Bonchev–Trinajstić information content (AvgIpc) is 4.02. The van der Waals surface area contributed by atoms with Crippen LogP contribution in [0.2, 0.25) is 0 Å². The average molecular weight is 760 g/mol. The summed E-state index contributed by atoms with van der Waals surface area (Å²) in [6.07, 6.45) is 5.85. The van der Waals surface area contributed by atoms with Gasteiger partial charge in [-0.05, 0) is 91.8 Å². The Morgan fingerprint density at radius 3 is 2.66 bits per heavy atom. The van der Waals surface area contributed by atoms with Gasteiger partial charge >= 0.3 is 6.09 Å². The van der Waals surface area contributed by atoms with E-state index in [-0.39, 0.29) is 35.9 Å². The SMILES string of the molecule is CCCC(=O)N1[C@@H](C)CC[C@H]1c1nc2c(ccc3cc4c(cc32)OCc2cc(-c3cnc([C@@H]5C[C@H](C)CN5C(=O)C(C=NC(=O)OC)[C@@H](C)OC)[nH]3)ccc2-4)[nH]1. The molecular weight excluding hydrogens is 711 g/mol. The maximum absolute atomic E-state index is 13.9. The molecule has 6 atom stereocenters. The fourth-order valence-corrected chi connectivity index (χ4v) is 8.77. The van der Waals surface area contributed by atoms with Crippen LogP contribution < -0.4 is 4.74 Å². The Labute approximate surface area is 325 Å². The third-order valence-corrected chi connectivity index (χ3v) is 11.8. The Hall–Kier alpha value is -5.56. The minimum atomic E-state index is -0.770. The number of hydrogen-bond acceptors (Lipinski definition) is 8. The summed E-state index contributed by atoms with van der Waals surface area (Å²) in [5.41, 5.74) is 6.84. The van der Waals surface area contributed by atoms with E-state index in [1.807, 2.05) is 22.9 Å². The summed E-state index contributed by atoms with van der Waals surface area (Å²) >= 11 is 0. The van der Waals surface area contributed by atoms with E-state index in [1.54, 1.807) is 6.92 Å². The van der Waals surface area contributed by atoms with Crippen molar-refractivity contribution in [2.45, 2.75) is 90.6 Å². The Balaban J connectivity index is 1.05. The molecular formula is C43H49N7O6. The maximum Gasteiger partial charge on any atom is 0.432 e. The quantitative estimate of drug-likeness (QED) is 0.144. The van der Waals surface area contributed by atoms with E-state index in [0.29, 0.717) is 25.4 Å². The summed E-state index contributed by atoms with van der Waals surface area (Å²) in [5, 5.41) is 2.08. The minimum absolute atomic E-state index is 0.0492. The van der Waals surface area contributed by atoms with Crippen LogP contribution >= 0.6 is 0 Å². The molecule has 3 aromatic carbocycles. The molecule has 2 N–H and O–H groups in total. The molecule has 13 heteroatoms. The maximum atomic E-state index is 13.9. The molecule has 292 valence electrons. The summed E-state index contributed by atoms with van der Waals surface area (Å²) in [7, 11) is 2.78. The van der Waals surface area contributed by atoms with E-state index < -0.39 is 18.1 Å². The van der Waals surface area contributed by atoms with E-state index in [1.165, 1.54) is 20.4 Å². The number of nitrogens with zero attached hydrogens (tertiary/aromatic N) is 5. The van der Waals surface area contributed by atoms with Gasteiger partial charge in [0.05, 0.1) is 54.1 Å². The molecule has 0 bridgehead atoms. The van der Waals surface area contributed by atoms with Gasteiger partial charge in [0, 0.05) is 43.3 Å². The number of methoxy groups -OCH3 is 2. The number of rotatable bonds is 9. The molecule has 1 unspecified atom stereocenters. The first-order valence-corrected chi connectivity index (χ1v) is 19.6. The van der Waals surface area contributed by atoms with E-state index >= 15 is 0 Å². The van der Waals surface area contributed by atoms with Crippen LogP contribution in [0.15, 0.2) is 53.7 Å². The minimum Gasteiger partial charge on any atom is -0.488 e. The van der Waals surface area contributed by atoms with Crippen LogP contribution in [0.5, 0.6) is 5.75 Å². The van der Waals surface area contributed by atoms with Crippen LogP contribution in [-0.2, 0) is 25.7 Å². The molecule has 2 aromatic heterocycles. The van der Waals surface area contributed by atoms with Crippen molar-refractivity contribution < 1.29 is 28.6 Å². The second kappa shape index (κ2) is 15.2. The standard InChI is InChI=1S/C43H49N7O6/c1-7-8-38(51)50-24(3)9-14-35(50)41-46-33-13-11-26-17-31-29-12-10-27(16-28(29)22-56-37(31)18-30(26)39(33)48-41)34-20-44-40(47-34)36-15-23(2)21-49(36)42(52)32(25(4)54-5)19-45-43(53)55-6/h10-13,16-20,23-25,32,35-36H,7-9,14-15,21-22H2,1-6H3,(H,44,47)(H,46,48)/t23-,24-,25+,32?,35-,36-/m0/s1. The number of aromatic amines is 2. The lowest BCUT2D eigenvalue weighted by Gasteiger charge is -2.28. The summed E-state index contributed by atoms with van der Waals surface area (Å²) < 4.78 is 16.6. The van der Waals surface area contributed by atoms with E-state index in [2.05, 4.69) is 76.0 Å². The lowest BCUT2D eigenvalue weighted by molar-refractivity contribution is -0.137. The highest BCUT2D eigenvalue weighted by molar-refractivity contribution is 6.07. The zero-order valence-electron chi connectivity index (χ0n) is 32.8. The Kier molecular flexibility index (Phi) is 10.1. The van der Waals surface area contributed by atoms with Gasteiger partial charge in [-0.2, -0.15) is 4.99 Å². The van der Waals surface area contributed by atoms with Gasteiger partial charge in [-0.3, -0.25) is 9.59 Å². The van der Waals surface area contributed by atoms with Gasteiger partial charge in [0.15, 0.2) is 0 Å². The number of fused-ring (bicyclic) bond motifs is 6. The summed E-state index contributed by atoms with van der Waals surface area (Å²) in [6, 6.07) is 14.7. The van der Waals surface area contributed by atoms with Crippen molar-refractivity contribution >= 4 is 45.9 Å². The number of ether oxygens (including phenoxy) is 3. The summed E-state index contributed by atoms with van der Waals surface area (Å²) in [4.78, 5) is 63.3. The largest absolute Gasteiger partial charge is 0.488 e. The van der Waals surface area contributed by atoms with Crippen LogP contribution in [0.3, 0.4) is 0 Å². The van der Waals surface area contributed by atoms with Crippen molar-refractivity contribution in [3.8, 4) is 28.1 Å². The third kappa shape index (κ3) is 6.71. The zero-order valence-corrected chi connectivity index (χ0v) is 32.8. The number of H-pyrrole nitrogens is 2. The van der Waals surface area contributed by atoms with Crippen LogP contribution in [0.25, 0.3) is 44.2 Å². The van der Waals surface area contributed by atoms with E-state index in [4.69, 9.17) is 19.4 Å². The molecule has 2 fully saturated rings. The number of hydrogen-bond donors (Lipinski definition) is 2. The van der Waals surface area contributed by atoms with Crippen molar-refractivity contribution in [1.82, 2.24) is 29.7 Å². The number of nitrogens with one attached hydrogen (secondary N) is 2. The number of imidazole rings is 2. The van der Waals surface area contributed by atoms with Crippen molar-refractivity contribution in [1.29, 1.82) is 0 Å². The Morgan fingerprint density at radius 2 is 1.88 bits per heavy atom. The normalized spacial score (nSPS) is 21.7. The number of benzene rings is 3. The molecule has 2 saturated heterocycles. The molecule has 3 aliphatic heterocycles. The number of likely N-dealkylation sites (tertiary alicyclic amines) is 2. The second-order valence-corrected chi connectivity index (χ2v) is 15.6. The van der Waals surface area contributed by atoms with Gasteiger partial charge < -0.3 is 34.0 Å². The van der Waals surface area contributed by atoms with Gasteiger partial charge in [-0.1, -0.05) is 32.0 Å². The van der Waals surface area contributed by atoms with Gasteiger partial charge in [-0.15, -0.1) is 0 Å². The van der Waals surface area contributed by atoms with Crippen LogP contribution in [0.4, 0.5) is 4.79 Å². The Morgan fingerprint density at radius 1 is 1.04 bits per heavy atom. The topological polar surface area (TPSA) is 155 Å². The van der Waals surface area contributed by atoms with E-state index in [0.717, 1.165) is 87.0 Å². The molecule has 3 aliphatic rings. The second-order valence-electron chi connectivity index (χ2n) is 15.6. The predicted molar refractivity (Wildman–Crippen MR) is 213 cm³/mol. The Bertz CT molecular complexity index is 2350. The predicted octanol–water partition coefficient (Wildman–Crippen LogP) is 7.92. The molecule has 5 aromatic rings. The van der Waals surface area contributed by atoms with Crippen LogP contribution in [0.1, 0.15) is 89.1 Å². The van der Waals surface area contributed by atoms with Gasteiger partial charge in [0.25, 0.3) is 0 Å². The van der Waals surface area contributed by atoms with Gasteiger partial charge in [0.2, 0.25) is 11.8 Å². The molecule has 3 amide bonds. The molecule has 0 saturated carbocycles. The molecule has 0 aliphatic carbocycles. The first kappa shape index (κ1) is 37.4. The number of aromatic nitrogens is 4. The fraction of sp³-hybridized carbons (Fsp3) is 0.442. The third-order valence-electron chi connectivity index (χ3n) is 11.8. The highest BCUT2D eigenvalue weighted by Crippen LogP contribution is 2.44. The first-order valence-electron chi connectivity index (χ1n) is 19.6. The van der Waals surface area contributed by atoms with Crippen LogP contribution in [-0.4, -0.2) is 86.8 Å². The molecule has 0 spiro atoms.